The van der Waals surface area contributed by atoms with E-state index >= 15 is 0 Å². The van der Waals surface area contributed by atoms with Crippen LogP contribution < -0.4 is 5.56 Å². The summed E-state index contributed by atoms with van der Waals surface area (Å²) in [5.74, 6) is -0.560. The Morgan fingerprint density at radius 2 is 2.09 bits per heavy atom. The van der Waals surface area contributed by atoms with Crippen LogP contribution in [0, 0.1) is 0 Å². The number of fused-ring (bicyclic) bond motifs is 1. The highest BCUT2D eigenvalue weighted by Gasteiger charge is 2.18. The largest absolute Gasteiger partial charge is 0.462 e. The minimum absolute atomic E-state index is 0.0111. The number of carbonyl (C=O) groups is 1. The lowest BCUT2D eigenvalue weighted by Crippen LogP contribution is -2.24. The second-order valence-corrected chi connectivity index (χ2v) is 4.74. The van der Waals surface area contributed by atoms with E-state index in [0.717, 1.165) is 10.7 Å². The van der Waals surface area contributed by atoms with Crippen LogP contribution >= 0.6 is 11.6 Å². The molecule has 0 fully saturated rings. The molecule has 0 aliphatic heterocycles. The van der Waals surface area contributed by atoms with Crippen LogP contribution in [0.4, 0.5) is 0 Å². The average Bonchev–Trinajstić information content (AvgIpc) is 2.93. The van der Waals surface area contributed by atoms with E-state index < -0.39 is 11.5 Å². The van der Waals surface area contributed by atoms with Crippen molar-refractivity contribution in [1.82, 2.24) is 14.6 Å². The standard InChI is InChI=1S/C14H10ClN3O4/c1-2-21-13(20)10-7-16-14-18(12(10)19)17-11(22-14)8-3-5-9(15)6-4-8/h3-7H,2H2,1H3. The molecule has 0 aliphatic rings. The number of hydrogen-bond acceptors (Lipinski definition) is 6. The Balaban J connectivity index is 2.10. The van der Waals surface area contributed by atoms with Crippen molar-refractivity contribution in [2.45, 2.75) is 6.92 Å². The van der Waals surface area contributed by atoms with Crippen LogP contribution in [0.5, 0.6) is 0 Å². The number of hydrogen-bond donors (Lipinski definition) is 0. The predicted molar refractivity (Wildman–Crippen MR) is 77.9 cm³/mol. The Labute approximate surface area is 129 Å². The van der Waals surface area contributed by atoms with Crippen LogP contribution in [-0.2, 0) is 4.74 Å². The van der Waals surface area contributed by atoms with Crippen molar-refractivity contribution in [1.29, 1.82) is 0 Å². The molecule has 0 N–H and O–H groups in total. The van der Waals surface area contributed by atoms with E-state index in [-0.39, 0.29) is 23.9 Å². The van der Waals surface area contributed by atoms with Crippen molar-refractivity contribution in [2.24, 2.45) is 0 Å². The van der Waals surface area contributed by atoms with Gasteiger partial charge in [-0.15, -0.1) is 9.61 Å². The number of carbonyl (C=O) groups excluding carboxylic acids is 1. The van der Waals surface area contributed by atoms with Crippen molar-refractivity contribution < 1.29 is 13.9 Å². The third-order valence-electron chi connectivity index (χ3n) is 2.87. The van der Waals surface area contributed by atoms with Crippen LogP contribution in [0.1, 0.15) is 17.3 Å². The number of ether oxygens (including phenoxy) is 1. The van der Waals surface area contributed by atoms with Gasteiger partial charge in [0.05, 0.1) is 12.8 Å². The number of benzene rings is 1. The molecule has 0 spiro atoms. The first-order chi connectivity index (χ1) is 10.6. The molecule has 0 unspecified atom stereocenters. The molecule has 22 heavy (non-hydrogen) atoms. The number of nitrogens with zero attached hydrogens (tertiary/aromatic N) is 3. The molecule has 0 radical (unpaired) electrons. The molecule has 3 aromatic rings. The van der Waals surface area contributed by atoms with E-state index in [1.54, 1.807) is 31.2 Å². The van der Waals surface area contributed by atoms with Gasteiger partial charge in [-0.2, -0.15) is 0 Å². The van der Waals surface area contributed by atoms with E-state index in [2.05, 4.69) is 10.1 Å². The van der Waals surface area contributed by atoms with Gasteiger partial charge >= 0.3 is 11.8 Å². The first-order valence-electron chi connectivity index (χ1n) is 6.42. The molecular weight excluding hydrogens is 310 g/mol. The maximum Gasteiger partial charge on any atom is 0.345 e. The van der Waals surface area contributed by atoms with Crippen LogP contribution in [0.3, 0.4) is 0 Å². The molecule has 1 aromatic carbocycles. The minimum Gasteiger partial charge on any atom is -0.462 e. The van der Waals surface area contributed by atoms with Gasteiger partial charge < -0.3 is 9.15 Å². The highest BCUT2D eigenvalue weighted by molar-refractivity contribution is 6.30. The Bertz CT molecular complexity index is 899. The van der Waals surface area contributed by atoms with Gasteiger partial charge in [-0.3, -0.25) is 4.79 Å². The molecule has 0 amide bonds. The van der Waals surface area contributed by atoms with E-state index in [0.29, 0.717) is 10.6 Å². The SMILES string of the molecule is CCOC(=O)c1cnc2oc(-c3ccc(Cl)cc3)nn2c1=O. The monoisotopic (exact) mass is 319 g/mol. The molecule has 0 atom stereocenters. The topological polar surface area (TPSA) is 86.7 Å². The molecule has 0 saturated carbocycles. The molecule has 3 rings (SSSR count). The molecular formula is C14H10ClN3O4. The second kappa shape index (κ2) is 5.61. The third-order valence-corrected chi connectivity index (χ3v) is 3.13. The number of esters is 1. The number of halogens is 1. The minimum atomic E-state index is -0.745. The van der Waals surface area contributed by atoms with Crippen LogP contribution in [0.25, 0.3) is 17.3 Å². The maximum atomic E-state index is 12.2. The Kier molecular flexibility index (Phi) is 3.64. The summed E-state index contributed by atoms with van der Waals surface area (Å²) in [6.45, 7) is 1.81. The van der Waals surface area contributed by atoms with Crippen LogP contribution in [0.15, 0.2) is 39.7 Å². The molecule has 112 valence electrons. The van der Waals surface area contributed by atoms with Gasteiger partial charge in [0.15, 0.2) is 0 Å². The van der Waals surface area contributed by atoms with Crippen LogP contribution in [0.2, 0.25) is 5.02 Å². The maximum absolute atomic E-state index is 12.2. The zero-order valence-electron chi connectivity index (χ0n) is 11.4. The molecule has 2 heterocycles. The zero-order valence-corrected chi connectivity index (χ0v) is 12.2. The van der Waals surface area contributed by atoms with Crippen molar-refractivity contribution in [3.8, 4) is 11.5 Å². The molecule has 2 aromatic heterocycles. The summed E-state index contributed by atoms with van der Waals surface area (Å²) in [6, 6.07) is 6.74. The van der Waals surface area contributed by atoms with E-state index in [1.165, 1.54) is 0 Å². The summed E-state index contributed by atoms with van der Waals surface area (Å²) < 4.78 is 11.1. The summed E-state index contributed by atoms with van der Waals surface area (Å²) in [6.07, 6.45) is 1.12. The van der Waals surface area contributed by atoms with E-state index in [4.69, 9.17) is 20.8 Å². The summed E-state index contributed by atoms with van der Waals surface area (Å²) in [7, 11) is 0. The van der Waals surface area contributed by atoms with Crippen molar-refractivity contribution in [3.05, 3.63) is 51.4 Å². The van der Waals surface area contributed by atoms with Crippen molar-refractivity contribution in [2.75, 3.05) is 6.61 Å². The second-order valence-electron chi connectivity index (χ2n) is 4.31. The number of aromatic nitrogens is 3. The van der Waals surface area contributed by atoms with Crippen LogP contribution in [-0.4, -0.2) is 27.2 Å². The third kappa shape index (κ3) is 2.46. The van der Waals surface area contributed by atoms with Crippen molar-refractivity contribution >= 4 is 23.4 Å². The fourth-order valence-corrected chi connectivity index (χ4v) is 1.97. The quantitative estimate of drug-likeness (QED) is 0.688. The zero-order chi connectivity index (χ0) is 15.7. The highest BCUT2D eigenvalue weighted by Crippen LogP contribution is 2.20. The molecule has 0 saturated heterocycles. The van der Waals surface area contributed by atoms with Crippen molar-refractivity contribution in [3.63, 3.8) is 0 Å². The number of rotatable bonds is 3. The fourth-order valence-electron chi connectivity index (χ4n) is 1.84. The lowest BCUT2D eigenvalue weighted by atomic mass is 10.2. The summed E-state index contributed by atoms with van der Waals surface area (Å²) in [5.41, 5.74) is -0.213. The summed E-state index contributed by atoms with van der Waals surface area (Å²) >= 11 is 5.82. The smallest absolute Gasteiger partial charge is 0.345 e. The molecule has 0 bridgehead atoms. The lowest BCUT2D eigenvalue weighted by Gasteiger charge is -1.99. The highest BCUT2D eigenvalue weighted by atomic mass is 35.5. The Morgan fingerprint density at radius 3 is 2.77 bits per heavy atom. The molecule has 8 heteroatoms. The normalized spacial score (nSPS) is 10.8. The van der Waals surface area contributed by atoms with Gasteiger partial charge in [-0.1, -0.05) is 11.6 Å². The Morgan fingerprint density at radius 1 is 1.36 bits per heavy atom. The molecule has 7 nitrogen and oxygen atoms in total. The first-order valence-corrected chi connectivity index (χ1v) is 6.80. The summed E-state index contributed by atoms with van der Waals surface area (Å²) in [4.78, 5) is 27.8. The van der Waals surface area contributed by atoms with E-state index in [1.807, 2.05) is 0 Å². The Hall–Kier alpha value is -2.67. The van der Waals surface area contributed by atoms with Gasteiger partial charge in [0, 0.05) is 10.6 Å². The van der Waals surface area contributed by atoms with E-state index in [9.17, 15) is 9.59 Å². The summed E-state index contributed by atoms with van der Waals surface area (Å²) in [5, 5.41) is 4.61. The fraction of sp³-hybridized carbons (Fsp3) is 0.143. The van der Waals surface area contributed by atoms with Gasteiger partial charge in [0.2, 0.25) is 5.89 Å². The lowest BCUT2D eigenvalue weighted by molar-refractivity contribution is 0.0523. The van der Waals surface area contributed by atoms with Gasteiger partial charge in [0.1, 0.15) is 5.56 Å². The first kappa shape index (κ1) is 14.3. The van der Waals surface area contributed by atoms with Gasteiger partial charge in [-0.25, -0.2) is 9.78 Å². The predicted octanol–water partition coefficient (Wildman–Crippen LogP) is 2.18. The van der Waals surface area contributed by atoms with Gasteiger partial charge in [0.25, 0.3) is 5.56 Å². The average molecular weight is 320 g/mol. The molecule has 0 aliphatic carbocycles. The van der Waals surface area contributed by atoms with Gasteiger partial charge in [-0.05, 0) is 31.2 Å².